The van der Waals surface area contributed by atoms with Crippen LogP contribution in [-0.4, -0.2) is 292 Å². The summed E-state index contributed by atoms with van der Waals surface area (Å²) in [5.74, 6) is -7.96. The number of cyclic esters (lactones) is 1. The van der Waals surface area contributed by atoms with Gasteiger partial charge in [0.1, 0.15) is 53.5 Å². The number of anilines is 3. The number of nitrogens with one attached hydrogen (secondary N) is 1. The molecule has 2 bridgehead atoms. The van der Waals surface area contributed by atoms with E-state index in [1.807, 2.05) is 85.5 Å². The number of esters is 1. The Labute approximate surface area is 788 Å². The van der Waals surface area contributed by atoms with Crippen molar-refractivity contribution in [3.8, 4) is 22.4 Å². The molecule has 0 unspecified atom stereocenters. The molecule has 38 nitrogen and oxygen atoms in total. The number of carbonyl (C=O) groups excluding carboxylic acids is 6. The SMILES string of the molecule is CO[C@H]1C[C@@H]2CC[C@@H](C)[C@@](O)(O2)C(=O)C(=O)N2CCCC[C@H]2C(=O)O[C@H]([C@H](N)C[C@@H]2CC[C@@H](OCc3cccc(-c4cnc(N5CCN(S(=O)(=O)CCc6cn(CCOCCOCCOCCOCCC(=O)NCCCCn7nc(-c8ccc9oc(N)nc9c8)c8c(N)ncnc87)nn6)CC5)nc4)c3)[C@H](OC)C2)CC(=O)[C@H](C)/C=C(\C)[C@@H](O)[C@@H](OC)C(=O)[C@H](C)C[C@H](C)/C=C/C=CC=C1C. The van der Waals surface area contributed by atoms with Gasteiger partial charge in [-0.15, -0.1) is 5.10 Å². The smallest absolute Gasteiger partial charge is 0.329 e. The highest BCUT2D eigenvalue weighted by atomic mass is 32.2. The zero-order valence-corrected chi connectivity index (χ0v) is 79.9. The third kappa shape index (κ3) is 28.6. The van der Waals surface area contributed by atoms with Gasteiger partial charge in [-0.25, -0.2) is 42.5 Å². The number of aliphatic hydroxyl groups excluding tert-OH is 1. The lowest BCUT2D eigenvalue weighted by atomic mass is 9.80. The maximum atomic E-state index is 14.8. The number of fused-ring (bicyclic) bond motifs is 5. The van der Waals surface area contributed by atoms with Gasteiger partial charge in [0.15, 0.2) is 17.0 Å². The second kappa shape index (κ2) is 50.3. The molecule has 15 atom stereocenters. The number of nitrogens with zero attached hydrogens (tertiary/aromatic N) is 13. The molecular formula is C96H135N17O21S. The molecule has 2 aromatic carbocycles. The molecule has 12 rings (SSSR count). The standard InChI is InChI=1S/C96H135N17O21S/c1-61-18-11-10-12-19-62(2)80(124-7)54-73-26-23-66(6)96(121,134-73)89(118)92(119)112-32-15-13-22-76(112)93(120)132-81(55-77(114)63(3)49-65(5)87(117)88(126-9)86(116)64(4)48-61)74(97)51-67-24-27-79(82(52-67)125-8)131-59-68-20-17-21-69(50-68)71-56-101-95(102-57-71)109-34-36-111(37-35-109)135(122,123)47-30-72-58-110(108-106-72)38-40-128-42-44-130-46-45-129-43-41-127-39-29-83(115)100-31-14-16-33-113-91-84(90(98)103-60-104-91)85(107-113)70-25-28-78-75(53-70)105-94(99)133-78/h10-12,17-21,25,28,49-50,53,56-58,60-61,63-64,66-67,73-74,76,79-82,87-88,117,121H,13-16,22-24,26-27,29-48,51-52,54-55,59,97H2,1-9H3,(H2,99,105)(H,100,115)(H2,98,103,104)/b12-10?,18-11+,62-19?,65-49+/t61-,63-,64-,66-,67+,73+,74-,76+,79-,80+,81+,82-,87-,88+,96-/m1/s1. The van der Waals surface area contributed by atoms with Gasteiger partial charge >= 0.3 is 5.97 Å². The predicted molar refractivity (Wildman–Crippen MR) is 503 cm³/mol. The number of oxazole rings is 1. The zero-order chi connectivity index (χ0) is 96.3. The van der Waals surface area contributed by atoms with E-state index in [1.54, 1.807) is 82.0 Å². The largest absolute Gasteiger partial charge is 0.459 e. The summed E-state index contributed by atoms with van der Waals surface area (Å²) in [6.07, 6.45) is 18.4. The molecule has 9 N–H and O–H groups in total. The number of aliphatic hydroxyl groups is 2. The van der Waals surface area contributed by atoms with Gasteiger partial charge in [0.2, 0.25) is 27.7 Å². The van der Waals surface area contributed by atoms with Crippen LogP contribution < -0.4 is 27.4 Å². The second-order valence-corrected chi connectivity index (χ2v) is 38.1. The molecule has 39 heteroatoms. The van der Waals surface area contributed by atoms with E-state index in [0.717, 1.165) is 39.1 Å². The number of Topliss-reactive ketones (excluding diaryl/α,β-unsaturated/α-hetero) is 3. The molecule has 1 saturated carbocycles. The third-order valence-electron chi connectivity index (χ3n) is 26.1. The van der Waals surface area contributed by atoms with Gasteiger partial charge in [0.05, 0.1) is 107 Å². The van der Waals surface area contributed by atoms with Crippen molar-refractivity contribution in [1.82, 2.24) is 64.2 Å². The summed E-state index contributed by atoms with van der Waals surface area (Å²) in [4.78, 5) is 110. The first-order valence-electron chi connectivity index (χ1n) is 47.1. The van der Waals surface area contributed by atoms with Gasteiger partial charge in [-0.1, -0.05) is 87.6 Å². The summed E-state index contributed by atoms with van der Waals surface area (Å²) in [5, 5.41) is 40.7. The number of aromatic nitrogens is 10. The third-order valence-corrected chi connectivity index (χ3v) is 28.0. The van der Waals surface area contributed by atoms with E-state index in [4.69, 9.17) is 84.1 Å². The van der Waals surface area contributed by atoms with Crippen LogP contribution in [0.3, 0.4) is 0 Å². The number of carbonyl (C=O) groups is 6. The number of unbranched alkanes of at least 4 members (excludes halogenated alkanes) is 1. The van der Waals surface area contributed by atoms with Crippen molar-refractivity contribution in [2.45, 2.75) is 225 Å². The van der Waals surface area contributed by atoms with Crippen molar-refractivity contribution in [2.75, 3.05) is 136 Å². The number of ketones is 3. The average molecular weight is 1900 g/mol. The Balaban J connectivity index is 0.539. The number of aryl methyl sites for hydroxylation is 2. The fourth-order valence-corrected chi connectivity index (χ4v) is 19.6. The van der Waals surface area contributed by atoms with Crippen LogP contribution in [0.1, 0.15) is 149 Å². The van der Waals surface area contributed by atoms with Crippen molar-refractivity contribution in [3.63, 3.8) is 0 Å². The number of nitrogens with two attached hydrogens (primary N) is 3. The van der Waals surface area contributed by atoms with Crippen LogP contribution in [0.25, 0.3) is 44.5 Å². The number of sulfonamides is 1. The molecule has 0 radical (unpaired) electrons. The molecular weight excluding hydrogens is 1760 g/mol. The molecule has 4 aliphatic heterocycles. The van der Waals surface area contributed by atoms with Gasteiger partial charge in [-0.05, 0) is 149 Å². The number of hydrogen-bond donors (Lipinski definition) is 6. The van der Waals surface area contributed by atoms with Gasteiger partial charge in [-0.3, -0.25) is 24.0 Å². The number of allylic oxidation sites excluding steroid dienone is 6. The van der Waals surface area contributed by atoms with E-state index in [9.17, 15) is 47.4 Å². The summed E-state index contributed by atoms with van der Waals surface area (Å²) >= 11 is 0. The topological polar surface area (TPSA) is 495 Å². The molecule has 4 fully saturated rings. The van der Waals surface area contributed by atoms with E-state index in [1.165, 1.54) is 17.7 Å². The monoisotopic (exact) mass is 1890 g/mol. The molecule has 7 aromatic rings. The van der Waals surface area contributed by atoms with Gasteiger partial charge < -0.3 is 94.3 Å². The van der Waals surface area contributed by atoms with E-state index < -0.39 is 93.8 Å². The fourth-order valence-electron chi connectivity index (χ4n) is 18.1. The van der Waals surface area contributed by atoms with Crippen molar-refractivity contribution < 1.29 is 99.2 Å². The molecule has 1 aliphatic carbocycles. The first-order chi connectivity index (χ1) is 65.0. The molecule has 5 aliphatic rings. The van der Waals surface area contributed by atoms with Gasteiger partial charge in [-0.2, -0.15) is 14.4 Å². The Hall–Kier alpha value is -10.1. The second-order valence-electron chi connectivity index (χ2n) is 36.0. The number of methoxy groups -OCH3 is 3. The number of nitrogen functional groups attached to an aromatic ring is 2. The van der Waals surface area contributed by atoms with Crippen molar-refractivity contribution in [1.29, 1.82) is 0 Å². The maximum Gasteiger partial charge on any atom is 0.329 e. The Morgan fingerprint density at radius 1 is 0.756 bits per heavy atom. The van der Waals surface area contributed by atoms with E-state index in [2.05, 4.69) is 30.6 Å². The van der Waals surface area contributed by atoms with E-state index >= 15 is 0 Å². The van der Waals surface area contributed by atoms with Crippen LogP contribution in [0.2, 0.25) is 0 Å². The fraction of sp³-hybridized carbons (Fsp3) is 0.604. The summed E-state index contributed by atoms with van der Waals surface area (Å²) < 4.78 is 97.0. The number of ether oxygens (including phenoxy) is 10. The first-order valence-corrected chi connectivity index (χ1v) is 48.7. The van der Waals surface area contributed by atoms with Crippen molar-refractivity contribution >= 4 is 85.1 Å². The van der Waals surface area contributed by atoms with Crippen molar-refractivity contribution in [3.05, 3.63) is 126 Å². The molecule has 9 heterocycles. The summed E-state index contributed by atoms with van der Waals surface area (Å²) in [6, 6.07) is 11.3. The minimum atomic E-state index is -3.63. The number of piperazine rings is 1. The number of piperidine rings is 1. The molecule has 2 amide bonds. The van der Waals surface area contributed by atoms with Gasteiger partial charge in [0, 0.05) is 146 Å². The Bertz CT molecular complexity index is 5330. The summed E-state index contributed by atoms with van der Waals surface area (Å²) in [6.45, 7) is 16.4. The number of benzene rings is 2. The Morgan fingerprint density at radius 2 is 1.50 bits per heavy atom. The lowest BCUT2D eigenvalue weighted by molar-refractivity contribution is -0.265. The van der Waals surface area contributed by atoms with Gasteiger partial charge in [0.25, 0.3) is 17.7 Å². The maximum absolute atomic E-state index is 14.8. The van der Waals surface area contributed by atoms with Crippen LogP contribution in [0.15, 0.2) is 119 Å². The predicted octanol–water partition coefficient (Wildman–Crippen LogP) is 8.00. The first kappa shape index (κ1) is 104. The Kier molecular flexibility index (Phi) is 38.7. The highest BCUT2D eigenvalue weighted by Gasteiger charge is 2.53. The number of rotatable bonds is 36. The molecule has 3 saturated heterocycles. The Morgan fingerprint density at radius 3 is 2.24 bits per heavy atom. The highest BCUT2D eigenvalue weighted by molar-refractivity contribution is 7.89. The minimum absolute atomic E-state index is 0.0175. The minimum Gasteiger partial charge on any atom is -0.459 e. The van der Waals surface area contributed by atoms with Crippen LogP contribution >= 0.6 is 0 Å². The molecule has 135 heavy (non-hydrogen) atoms. The molecule has 5 aromatic heterocycles. The molecule has 736 valence electrons. The van der Waals surface area contributed by atoms with E-state index in [-0.39, 0.29) is 118 Å². The highest BCUT2D eigenvalue weighted by Crippen LogP contribution is 2.40. The molecule has 0 spiro atoms. The van der Waals surface area contributed by atoms with Crippen LogP contribution in [0.5, 0.6) is 0 Å². The number of hydrogen-bond acceptors (Lipinski definition) is 33. The quantitative estimate of drug-likeness (QED) is 0.00936. The normalized spacial score (nSPS) is 26.0. The van der Waals surface area contributed by atoms with Crippen LogP contribution in [-0.2, 0) is 112 Å². The number of amides is 2. The van der Waals surface area contributed by atoms with E-state index in [0.29, 0.717) is 194 Å². The average Bonchev–Trinajstić information content (AvgIpc) is 1.28. The lowest BCUT2D eigenvalue weighted by Crippen LogP contribution is -2.61. The zero-order valence-electron chi connectivity index (χ0n) is 79.0. The summed E-state index contributed by atoms with van der Waals surface area (Å²) in [5.41, 5.74) is 26.6. The van der Waals surface area contributed by atoms with Crippen LogP contribution in [0, 0.1) is 29.6 Å². The van der Waals surface area contributed by atoms with Crippen LogP contribution in [0.4, 0.5) is 17.8 Å². The van der Waals surface area contributed by atoms with Crippen molar-refractivity contribution in [2.24, 2.45) is 35.3 Å². The lowest BCUT2D eigenvalue weighted by Gasteiger charge is -2.42. The summed E-state index contributed by atoms with van der Waals surface area (Å²) in [7, 11) is 0.926.